The highest BCUT2D eigenvalue weighted by molar-refractivity contribution is 7.94. The normalized spacial score (nSPS) is 17.5. The highest BCUT2D eigenvalue weighted by Gasteiger charge is 2.42. The molecule has 1 aliphatic rings. The molecule has 1 aliphatic heterocycles. The van der Waals surface area contributed by atoms with E-state index in [1.54, 1.807) is 31.3 Å². The Bertz CT molecular complexity index is 1090. The SMILES string of the molecule is CN=c1sc([N+]2(C(=O)CCS(=O)(=O)C=Cc3ccc(Cl)cc3)CCCCC2)cn1C. The molecule has 0 unspecified atom stereocenters. The minimum atomic E-state index is -3.50. The lowest BCUT2D eigenvalue weighted by molar-refractivity contribution is -0.130. The molecule has 0 radical (unpaired) electrons. The smallest absolute Gasteiger partial charge is 0.320 e. The maximum Gasteiger partial charge on any atom is 0.320 e. The third kappa shape index (κ3) is 5.29. The molecule has 3 rings (SSSR count). The molecule has 0 spiro atoms. The van der Waals surface area contributed by atoms with Gasteiger partial charge < -0.3 is 4.57 Å². The fraction of sp³-hybridized carbons (Fsp3) is 0.429. The molecule has 162 valence electrons. The monoisotopic (exact) mass is 468 g/mol. The van der Waals surface area contributed by atoms with Crippen LogP contribution in [0.4, 0.5) is 5.00 Å². The lowest BCUT2D eigenvalue weighted by Gasteiger charge is -2.36. The average molecular weight is 469 g/mol. The van der Waals surface area contributed by atoms with E-state index >= 15 is 0 Å². The van der Waals surface area contributed by atoms with Gasteiger partial charge in [-0.15, -0.1) is 0 Å². The highest BCUT2D eigenvalue weighted by Crippen LogP contribution is 2.32. The zero-order valence-electron chi connectivity index (χ0n) is 17.3. The van der Waals surface area contributed by atoms with Crippen LogP contribution in [0.15, 0.2) is 40.9 Å². The average Bonchev–Trinajstić information content (AvgIpc) is 3.13. The van der Waals surface area contributed by atoms with Crippen molar-refractivity contribution in [2.75, 3.05) is 25.9 Å². The number of benzene rings is 1. The van der Waals surface area contributed by atoms with Crippen LogP contribution in [0.5, 0.6) is 0 Å². The van der Waals surface area contributed by atoms with Crippen LogP contribution in [-0.2, 0) is 21.7 Å². The van der Waals surface area contributed by atoms with Crippen LogP contribution in [0.3, 0.4) is 0 Å². The van der Waals surface area contributed by atoms with Crippen molar-refractivity contribution >= 4 is 49.8 Å². The van der Waals surface area contributed by atoms with Crippen LogP contribution in [0, 0.1) is 0 Å². The third-order valence-electron chi connectivity index (χ3n) is 5.41. The number of nitrogens with zero attached hydrogens (tertiary/aromatic N) is 3. The number of aromatic nitrogens is 1. The van der Waals surface area contributed by atoms with Crippen molar-refractivity contribution in [3.8, 4) is 0 Å². The lowest BCUT2D eigenvalue weighted by Crippen LogP contribution is -2.57. The second-order valence-corrected chi connectivity index (χ2v) is 11.0. The van der Waals surface area contributed by atoms with Crippen LogP contribution in [0.2, 0.25) is 5.02 Å². The maximum absolute atomic E-state index is 13.3. The Kier molecular flexibility index (Phi) is 7.34. The first-order chi connectivity index (χ1) is 14.3. The summed E-state index contributed by atoms with van der Waals surface area (Å²) in [6, 6.07) is 6.92. The van der Waals surface area contributed by atoms with E-state index in [1.807, 2.05) is 17.8 Å². The Morgan fingerprint density at radius 1 is 1.23 bits per heavy atom. The van der Waals surface area contributed by atoms with Crippen LogP contribution >= 0.6 is 22.9 Å². The minimum Gasteiger partial charge on any atom is -0.321 e. The number of aryl methyl sites for hydroxylation is 1. The van der Waals surface area contributed by atoms with Crippen LogP contribution in [-0.4, -0.2) is 44.8 Å². The van der Waals surface area contributed by atoms with Gasteiger partial charge in [0.1, 0.15) is 0 Å². The van der Waals surface area contributed by atoms with E-state index in [0.717, 1.165) is 34.6 Å². The Morgan fingerprint density at radius 2 is 1.90 bits per heavy atom. The largest absolute Gasteiger partial charge is 0.321 e. The molecule has 0 bridgehead atoms. The number of likely N-dealkylation sites (tertiary alicyclic amines) is 1. The van der Waals surface area contributed by atoms with Gasteiger partial charge in [0.2, 0.25) is 5.00 Å². The lowest BCUT2D eigenvalue weighted by atomic mass is 10.1. The molecule has 0 saturated carbocycles. The minimum absolute atomic E-state index is 0.00644. The first-order valence-electron chi connectivity index (χ1n) is 9.92. The summed E-state index contributed by atoms with van der Waals surface area (Å²) in [6.07, 6.45) is 6.50. The Balaban J connectivity index is 1.76. The van der Waals surface area contributed by atoms with Crippen molar-refractivity contribution in [2.24, 2.45) is 12.0 Å². The van der Waals surface area contributed by atoms with E-state index in [9.17, 15) is 13.2 Å². The molecule has 30 heavy (non-hydrogen) atoms. The van der Waals surface area contributed by atoms with Crippen molar-refractivity contribution in [1.29, 1.82) is 0 Å². The molecule has 1 amide bonds. The first-order valence-corrected chi connectivity index (χ1v) is 12.8. The molecular formula is C21H27ClN3O3S2+. The van der Waals surface area contributed by atoms with Gasteiger partial charge in [0.15, 0.2) is 14.6 Å². The molecule has 1 aromatic heterocycles. The van der Waals surface area contributed by atoms with E-state index in [4.69, 9.17) is 11.6 Å². The van der Waals surface area contributed by atoms with Gasteiger partial charge in [0, 0.05) is 24.5 Å². The van der Waals surface area contributed by atoms with E-state index in [-0.39, 0.29) is 22.6 Å². The van der Waals surface area contributed by atoms with E-state index in [1.165, 1.54) is 22.8 Å². The number of sulfone groups is 1. The van der Waals surface area contributed by atoms with Gasteiger partial charge in [0.05, 0.1) is 31.5 Å². The third-order valence-corrected chi connectivity index (χ3v) is 8.30. The number of carbonyl (C=O) groups is 1. The predicted octanol–water partition coefficient (Wildman–Crippen LogP) is 3.76. The summed E-state index contributed by atoms with van der Waals surface area (Å²) in [6.45, 7) is 1.42. The Labute approximate surface area is 186 Å². The molecule has 9 heteroatoms. The fourth-order valence-electron chi connectivity index (χ4n) is 3.73. The molecule has 1 saturated heterocycles. The van der Waals surface area contributed by atoms with Crippen LogP contribution in [0.1, 0.15) is 31.2 Å². The summed E-state index contributed by atoms with van der Waals surface area (Å²) in [7, 11) is 0.145. The van der Waals surface area contributed by atoms with Gasteiger partial charge in [-0.2, -0.15) is 0 Å². The number of quaternary nitrogens is 1. The molecule has 2 heterocycles. The number of hydrogen-bond acceptors (Lipinski definition) is 5. The Hall–Kier alpha value is -1.74. The van der Waals surface area contributed by atoms with E-state index < -0.39 is 9.84 Å². The molecule has 0 aliphatic carbocycles. The summed E-state index contributed by atoms with van der Waals surface area (Å²) in [5.41, 5.74) is 0.746. The van der Waals surface area contributed by atoms with Gasteiger partial charge in [-0.3, -0.25) is 4.99 Å². The summed E-state index contributed by atoms with van der Waals surface area (Å²) in [5, 5.41) is 2.72. The molecule has 6 nitrogen and oxygen atoms in total. The summed E-state index contributed by atoms with van der Waals surface area (Å²) >= 11 is 7.36. The summed E-state index contributed by atoms with van der Waals surface area (Å²) in [5.74, 6) is -0.235. The van der Waals surface area contributed by atoms with Gasteiger partial charge >= 0.3 is 5.91 Å². The van der Waals surface area contributed by atoms with Gasteiger partial charge in [-0.25, -0.2) is 17.7 Å². The Morgan fingerprint density at radius 3 is 2.50 bits per heavy atom. The van der Waals surface area contributed by atoms with Crippen molar-refractivity contribution < 1.29 is 13.2 Å². The summed E-state index contributed by atoms with van der Waals surface area (Å²) < 4.78 is 27.2. The number of hydrogen-bond donors (Lipinski definition) is 0. The van der Waals surface area contributed by atoms with Crippen molar-refractivity contribution in [3.63, 3.8) is 0 Å². The van der Waals surface area contributed by atoms with Crippen molar-refractivity contribution in [2.45, 2.75) is 25.7 Å². The topological polar surface area (TPSA) is 68.5 Å². The number of piperidine rings is 1. The van der Waals surface area contributed by atoms with E-state index in [0.29, 0.717) is 18.1 Å². The van der Waals surface area contributed by atoms with Gasteiger partial charge in [-0.1, -0.05) is 23.7 Å². The van der Waals surface area contributed by atoms with Crippen molar-refractivity contribution in [1.82, 2.24) is 9.05 Å². The van der Waals surface area contributed by atoms with Crippen molar-refractivity contribution in [3.05, 3.63) is 51.3 Å². The molecule has 1 fully saturated rings. The first kappa shape index (κ1) is 22.9. The summed E-state index contributed by atoms with van der Waals surface area (Å²) in [4.78, 5) is 18.4. The second-order valence-electron chi connectivity index (χ2n) is 7.53. The number of rotatable bonds is 6. The number of thiazole rings is 1. The standard InChI is InChI=1S/C21H27ClN3O3S2/c1-23-21-24(2)16-20(29-21)25(12-4-3-5-13-25)19(26)11-15-30(27,28)14-10-17-6-8-18(22)9-7-17/h6-10,14,16H,3-5,11-13,15H2,1-2H3/q+1. The number of carbonyl (C=O) groups excluding carboxylic acids is 1. The number of amides is 1. The molecule has 1 aromatic carbocycles. The van der Waals surface area contributed by atoms with Gasteiger partial charge in [-0.05, 0) is 54.4 Å². The molecule has 0 N–H and O–H groups in total. The van der Waals surface area contributed by atoms with Crippen LogP contribution in [0.25, 0.3) is 6.08 Å². The van der Waals surface area contributed by atoms with Gasteiger partial charge in [0.25, 0.3) is 0 Å². The maximum atomic E-state index is 13.3. The molecule has 0 atom stereocenters. The number of halogens is 1. The molecular weight excluding hydrogens is 442 g/mol. The zero-order valence-corrected chi connectivity index (χ0v) is 19.6. The van der Waals surface area contributed by atoms with Crippen LogP contribution < -0.4 is 9.28 Å². The second kappa shape index (κ2) is 9.60. The van der Waals surface area contributed by atoms with E-state index in [2.05, 4.69) is 4.99 Å². The molecule has 2 aromatic rings. The highest BCUT2D eigenvalue weighted by atomic mass is 35.5. The zero-order chi connectivity index (χ0) is 21.8. The fourth-order valence-corrected chi connectivity index (χ4v) is 5.96. The predicted molar refractivity (Wildman–Crippen MR) is 124 cm³/mol. The quantitative estimate of drug-likeness (QED) is 0.606.